The number of nitrogens with one attached hydrogen (secondary N) is 3. The largest absolute Gasteiger partial charge is 0.334 e. The number of carbonyl (C=O) groups is 2. The molecule has 8 nitrogen and oxygen atoms in total. The number of likely N-dealkylation sites (N-methyl/N-ethyl adjacent to an activating group) is 1. The Balaban J connectivity index is 1.34. The molecule has 0 spiro atoms. The fourth-order valence-electron chi connectivity index (χ4n) is 3.39. The fraction of sp³-hybridized carbons (Fsp3) is 0.217. The molecule has 0 bridgehead atoms. The van der Waals surface area contributed by atoms with Gasteiger partial charge in [0.1, 0.15) is 0 Å². The molecule has 0 unspecified atom stereocenters. The van der Waals surface area contributed by atoms with Crippen LogP contribution in [0.4, 0.5) is 15.6 Å². The standard InChI is InChI=1S/C23H22N6O2S/c1-29-9-8-19-20(14-29)32-23(27-19)28-21(30)17-6-2-5-16(10-17)13-25-22(31)26-18-7-3-4-15(11-18)12-24/h2-7,10-11H,8-9,13-14H2,1H3,(H2,25,26,31)(H,27,28,30). The van der Waals surface area contributed by atoms with Crippen molar-refractivity contribution in [3.05, 3.63) is 75.8 Å². The van der Waals surface area contributed by atoms with Gasteiger partial charge in [0.25, 0.3) is 5.91 Å². The molecule has 4 rings (SSSR count). The van der Waals surface area contributed by atoms with Crippen LogP contribution in [0.15, 0.2) is 48.5 Å². The van der Waals surface area contributed by atoms with Crippen LogP contribution in [0.1, 0.15) is 32.1 Å². The zero-order valence-corrected chi connectivity index (χ0v) is 18.3. The lowest BCUT2D eigenvalue weighted by atomic mass is 10.1. The molecule has 3 N–H and O–H groups in total. The quantitative estimate of drug-likeness (QED) is 0.555. The van der Waals surface area contributed by atoms with Crippen LogP contribution in [0.5, 0.6) is 0 Å². The average molecular weight is 447 g/mol. The first-order valence-electron chi connectivity index (χ1n) is 10.1. The van der Waals surface area contributed by atoms with Crippen LogP contribution in [0.25, 0.3) is 0 Å². The minimum atomic E-state index is -0.395. The summed E-state index contributed by atoms with van der Waals surface area (Å²) in [5.74, 6) is -0.232. The Morgan fingerprint density at radius 3 is 2.88 bits per heavy atom. The predicted molar refractivity (Wildman–Crippen MR) is 124 cm³/mol. The van der Waals surface area contributed by atoms with E-state index in [0.717, 1.165) is 30.8 Å². The van der Waals surface area contributed by atoms with Crippen LogP contribution in [0, 0.1) is 11.3 Å². The van der Waals surface area contributed by atoms with Gasteiger partial charge in [0.2, 0.25) is 0 Å². The molecule has 0 saturated carbocycles. The molecule has 3 aromatic rings. The summed E-state index contributed by atoms with van der Waals surface area (Å²) in [6, 6.07) is 15.4. The van der Waals surface area contributed by atoms with E-state index in [0.29, 0.717) is 21.9 Å². The van der Waals surface area contributed by atoms with Gasteiger partial charge >= 0.3 is 6.03 Å². The molecule has 0 aliphatic carbocycles. The van der Waals surface area contributed by atoms with E-state index >= 15 is 0 Å². The number of hydrogen-bond donors (Lipinski definition) is 3. The summed E-state index contributed by atoms with van der Waals surface area (Å²) in [6.45, 7) is 2.08. The molecule has 0 fully saturated rings. The molecule has 2 aromatic carbocycles. The Morgan fingerprint density at radius 1 is 1.19 bits per heavy atom. The lowest BCUT2D eigenvalue weighted by Crippen LogP contribution is -2.28. The number of amides is 3. The van der Waals surface area contributed by atoms with Gasteiger partial charge in [-0.05, 0) is 42.9 Å². The first kappa shape index (κ1) is 21.5. The van der Waals surface area contributed by atoms with Crippen LogP contribution in [0.3, 0.4) is 0 Å². The maximum absolute atomic E-state index is 12.7. The summed E-state index contributed by atoms with van der Waals surface area (Å²) in [4.78, 5) is 32.9. The van der Waals surface area contributed by atoms with Gasteiger partial charge in [0.05, 0.1) is 17.3 Å². The van der Waals surface area contributed by atoms with Gasteiger partial charge in [-0.25, -0.2) is 9.78 Å². The highest BCUT2D eigenvalue weighted by molar-refractivity contribution is 7.15. The molecule has 0 radical (unpaired) electrons. The molecule has 0 atom stereocenters. The molecule has 162 valence electrons. The monoisotopic (exact) mass is 446 g/mol. The number of urea groups is 1. The van der Waals surface area contributed by atoms with Crippen molar-refractivity contribution in [3.8, 4) is 6.07 Å². The molecule has 2 heterocycles. The van der Waals surface area contributed by atoms with Crippen LogP contribution < -0.4 is 16.0 Å². The van der Waals surface area contributed by atoms with Crippen molar-refractivity contribution in [2.24, 2.45) is 0 Å². The van der Waals surface area contributed by atoms with Crippen molar-refractivity contribution >= 4 is 34.1 Å². The number of rotatable bonds is 5. The minimum Gasteiger partial charge on any atom is -0.334 e. The van der Waals surface area contributed by atoms with E-state index in [4.69, 9.17) is 5.26 Å². The fourth-order valence-corrected chi connectivity index (χ4v) is 4.48. The number of aromatic nitrogens is 1. The summed E-state index contributed by atoms with van der Waals surface area (Å²) >= 11 is 1.51. The smallest absolute Gasteiger partial charge is 0.319 e. The van der Waals surface area contributed by atoms with Gasteiger partial charge in [0, 0.05) is 42.2 Å². The van der Waals surface area contributed by atoms with E-state index in [9.17, 15) is 9.59 Å². The van der Waals surface area contributed by atoms with Crippen LogP contribution in [-0.4, -0.2) is 35.4 Å². The first-order chi connectivity index (χ1) is 15.5. The number of fused-ring (bicyclic) bond motifs is 1. The normalized spacial score (nSPS) is 13.0. The molecule has 1 aliphatic rings. The molecule has 1 aliphatic heterocycles. The SMILES string of the molecule is CN1CCc2nc(NC(=O)c3cccc(CNC(=O)Nc4cccc(C#N)c4)c3)sc2C1. The maximum atomic E-state index is 12.7. The van der Waals surface area contributed by atoms with Crippen LogP contribution in [-0.2, 0) is 19.5 Å². The zero-order valence-electron chi connectivity index (χ0n) is 17.5. The third kappa shape index (κ3) is 5.29. The van der Waals surface area contributed by atoms with E-state index in [1.165, 1.54) is 16.2 Å². The number of benzene rings is 2. The number of nitrogens with zero attached hydrogens (tertiary/aromatic N) is 3. The van der Waals surface area contributed by atoms with Gasteiger partial charge in [-0.3, -0.25) is 10.1 Å². The highest BCUT2D eigenvalue weighted by Gasteiger charge is 2.19. The third-order valence-electron chi connectivity index (χ3n) is 5.03. The van der Waals surface area contributed by atoms with Crippen molar-refractivity contribution in [1.29, 1.82) is 5.26 Å². The molecule has 32 heavy (non-hydrogen) atoms. The second-order valence-electron chi connectivity index (χ2n) is 7.53. The Kier molecular flexibility index (Phi) is 6.44. The van der Waals surface area contributed by atoms with Gasteiger partial charge in [0.15, 0.2) is 5.13 Å². The van der Waals surface area contributed by atoms with E-state index in [1.807, 2.05) is 12.1 Å². The van der Waals surface area contributed by atoms with E-state index in [2.05, 4.69) is 32.9 Å². The first-order valence-corrected chi connectivity index (χ1v) is 10.9. The summed E-state index contributed by atoms with van der Waals surface area (Å²) in [5, 5.41) is 17.9. The predicted octanol–water partition coefficient (Wildman–Crippen LogP) is 3.58. The summed E-state index contributed by atoms with van der Waals surface area (Å²) < 4.78 is 0. The number of hydrogen-bond acceptors (Lipinski definition) is 6. The second kappa shape index (κ2) is 9.60. The molecule has 1 aromatic heterocycles. The van der Waals surface area contributed by atoms with Gasteiger partial charge in [-0.2, -0.15) is 5.26 Å². The number of nitriles is 1. The lowest BCUT2D eigenvalue weighted by Gasteiger charge is -2.20. The van der Waals surface area contributed by atoms with Crippen molar-refractivity contribution in [1.82, 2.24) is 15.2 Å². The number of anilines is 2. The molecular weight excluding hydrogens is 424 g/mol. The number of carbonyl (C=O) groups excluding carboxylic acids is 2. The zero-order chi connectivity index (χ0) is 22.5. The third-order valence-corrected chi connectivity index (χ3v) is 6.03. The maximum Gasteiger partial charge on any atom is 0.319 e. The van der Waals surface area contributed by atoms with Crippen molar-refractivity contribution in [2.45, 2.75) is 19.5 Å². The average Bonchev–Trinajstić information content (AvgIpc) is 3.19. The van der Waals surface area contributed by atoms with Gasteiger partial charge < -0.3 is 15.5 Å². The van der Waals surface area contributed by atoms with Crippen molar-refractivity contribution in [3.63, 3.8) is 0 Å². The van der Waals surface area contributed by atoms with Crippen molar-refractivity contribution < 1.29 is 9.59 Å². The second-order valence-corrected chi connectivity index (χ2v) is 8.62. The topological polar surface area (TPSA) is 110 Å². The van der Waals surface area contributed by atoms with Gasteiger partial charge in [-0.15, -0.1) is 11.3 Å². The van der Waals surface area contributed by atoms with E-state index in [1.54, 1.807) is 42.5 Å². The highest BCUT2D eigenvalue weighted by Crippen LogP contribution is 2.28. The Morgan fingerprint density at radius 2 is 2.03 bits per heavy atom. The minimum absolute atomic E-state index is 0.232. The van der Waals surface area contributed by atoms with Crippen molar-refractivity contribution in [2.75, 3.05) is 24.2 Å². The summed E-state index contributed by atoms with van der Waals surface area (Å²) in [5.41, 5.74) is 3.35. The Bertz CT molecular complexity index is 1200. The van der Waals surface area contributed by atoms with Crippen LogP contribution in [0.2, 0.25) is 0 Å². The molecule has 3 amide bonds. The van der Waals surface area contributed by atoms with Gasteiger partial charge in [-0.1, -0.05) is 18.2 Å². The van der Waals surface area contributed by atoms with E-state index < -0.39 is 6.03 Å². The molecule has 0 saturated heterocycles. The highest BCUT2D eigenvalue weighted by atomic mass is 32.1. The number of thiazole rings is 1. The lowest BCUT2D eigenvalue weighted by molar-refractivity contribution is 0.102. The summed E-state index contributed by atoms with van der Waals surface area (Å²) in [6.07, 6.45) is 0.891. The Labute approximate surface area is 189 Å². The Hall–Kier alpha value is -3.74. The van der Waals surface area contributed by atoms with Crippen LogP contribution >= 0.6 is 11.3 Å². The summed E-state index contributed by atoms with van der Waals surface area (Å²) in [7, 11) is 2.07. The van der Waals surface area contributed by atoms with E-state index in [-0.39, 0.29) is 12.5 Å². The molecule has 9 heteroatoms. The molecular formula is C23H22N6O2S.